The topological polar surface area (TPSA) is 107 Å². The molecule has 1 aromatic carbocycles. The number of amides is 1. The maximum absolute atomic E-state index is 13.0. The molecule has 1 amide bonds. The average Bonchev–Trinajstić information content (AvgIpc) is 2.67. The van der Waals surface area contributed by atoms with E-state index in [0.717, 1.165) is 18.5 Å². The van der Waals surface area contributed by atoms with Gasteiger partial charge < -0.3 is 10.6 Å². The van der Waals surface area contributed by atoms with Crippen LogP contribution in [0.15, 0.2) is 35.4 Å². The number of anilines is 2. The molecule has 1 aliphatic rings. The number of para-hydroxylation sites is 1. The van der Waals surface area contributed by atoms with Crippen molar-refractivity contribution < 1.29 is 4.79 Å². The Morgan fingerprint density at radius 2 is 2.04 bits per heavy atom. The number of nitrogens with zero attached hydrogens (tertiary/aromatic N) is 4. The summed E-state index contributed by atoms with van der Waals surface area (Å²) in [5.41, 5.74) is 8.29. The molecule has 2 aromatic rings. The van der Waals surface area contributed by atoms with E-state index in [1.54, 1.807) is 11.8 Å². The van der Waals surface area contributed by atoms with Gasteiger partial charge in [-0.2, -0.15) is 10.5 Å². The Bertz CT molecular complexity index is 944. The molecular formula is C19H17N5OS. The van der Waals surface area contributed by atoms with E-state index in [2.05, 4.69) is 4.98 Å². The minimum Gasteiger partial charge on any atom is -0.383 e. The second-order valence-electron chi connectivity index (χ2n) is 5.98. The fourth-order valence-corrected chi connectivity index (χ4v) is 3.91. The van der Waals surface area contributed by atoms with Gasteiger partial charge in [-0.1, -0.05) is 30.0 Å². The van der Waals surface area contributed by atoms with E-state index in [4.69, 9.17) is 11.0 Å². The van der Waals surface area contributed by atoms with Gasteiger partial charge in [-0.15, -0.1) is 0 Å². The first-order chi connectivity index (χ1) is 12.5. The zero-order valence-corrected chi connectivity index (χ0v) is 15.1. The van der Waals surface area contributed by atoms with Crippen LogP contribution in [0.4, 0.5) is 11.5 Å². The molecule has 130 valence electrons. The number of nitrogen functional groups attached to an aromatic ring is 1. The fourth-order valence-electron chi connectivity index (χ4n) is 2.97. The molecule has 0 unspecified atom stereocenters. The van der Waals surface area contributed by atoms with Crippen molar-refractivity contribution in [1.29, 1.82) is 10.5 Å². The van der Waals surface area contributed by atoms with E-state index < -0.39 is 5.25 Å². The highest BCUT2D eigenvalue weighted by Crippen LogP contribution is 2.32. The Kier molecular flexibility index (Phi) is 5.11. The van der Waals surface area contributed by atoms with Gasteiger partial charge in [-0.25, -0.2) is 4.98 Å². The first kappa shape index (κ1) is 17.8. The number of hydrogen-bond donors (Lipinski definition) is 1. The molecule has 0 spiro atoms. The highest BCUT2D eigenvalue weighted by atomic mass is 32.2. The predicted molar refractivity (Wildman–Crippen MR) is 101 cm³/mol. The molecule has 0 saturated carbocycles. The number of fused-ring (bicyclic) bond motifs is 1. The molecule has 1 atom stereocenters. The van der Waals surface area contributed by atoms with Gasteiger partial charge in [0.1, 0.15) is 23.0 Å². The molecule has 0 aliphatic carbocycles. The third kappa shape index (κ3) is 3.35. The largest absolute Gasteiger partial charge is 0.383 e. The summed E-state index contributed by atoms with van der Waals surface area (Å²) < 4.78 is 0. The van der Waals surface area contributed by atoms with Crippen molar-refractivity contribution in [2.45, 2.75) is 30.0 Å². The Morgan fingerprint density at radius 3 is 2.77 bits per heavy atom. The maximum atomic E-state index is 13.0. The summed E-state index contributed by atoms with van der Waals surface area (Å²) in [6.07, 6.45) is 1.89. The van der Waals surface area contributed by atoms with Crippen LogP contribution in [0.25, 0.3) is 0 Å². The number of rotatable bonds is 3. The van der Waals surface area contributed by atoms with E-state index in [9.17, 15) is 10.1 Å². The van der Waals surface area contributed by atoms with Gasteiger partial charge in [0.2, 0.25) is 5.91 Å². The van der Waals surface area contributed by atoms with Crippen molar-refractivity contribution in [2.24, 2.45) is 0 Å². The molecule has 0 saturated heterocycles. The third-order valence-corrected chi connectivity index (χ3v) is 5.36. The normalized spacial score (nSPS) is 14.0. The third-order valence-electron chi connectivity index (χ3n) is 4.27. The minimum absolute atomic E-state index is 0.0317. The van der Waals surface area contributed by atoms with Crippen molar-refractivity contribution >= 4 is 29.2 Å². The van der Waals surface area contributed by atoms with Crippen molar-refractivity contribution in [3.05, 3.63) is 47.0 Å². The monoisotopic (exact) mass is 363 g/mol. The average molecular weight is 363 g/mol. The van der Waals surface area contributed by atoms with Gasteiger partial charge in [0.05, 0.1) is 16.4 Å². The number of pyridine rings is 1. The van der Waals surface area contributed by atoms with E-state index in [1.807, 2.05) is 36.4 Å². The molecular weight excluding hydrogens is 346 g/mol. The van der Waals surface area contributed by atoms with Crippen LogP contribution in [0.2, 0.25) is 0 Å². The lowest BCUT2D eigenvalue weighted by Gasteiger charge is -2.31. The van der Waals surface area contributed by atoms with Crippen molar-refractivity contribution in [1.82, 2.24) is 4.98 Å². The van der Waals surface area contributed by atoms with Crippen LogP contribution in [0.3, 0.4) is 0 Å². The number of nitriles is 2. The van der Waals surface area contributed by atoms with Crippen LogP contribution < -0.4 is 10.6 Å². The molecule has 1 aliphatic heterocycles. The second kappa shape index (κ2) is 7.47. The SMILES string of the molecule is C[C@H](Sc1nc(N)c(C#N)cc1C#N)C(=O)N1CCCc2ccccc21. The van der Waals surface area contributed by atoms with E-state index in [1.165, 1.54) is 23.4 Å². The zero-order valence-electron chi connectivity index (χ0n) is 14.3. The zero-order chi connectivity index (χ0) is 18.7. The number of aromatic nitrogens is 1. The minimum atomic E-state index is -0.437. The maximum Gasteiger partial charge on any atom is 0.240 e. The molecule has 6 nitrogen and oxygen atoms in total. The number of hydrogen-bond acceptors (Lipinski definition) is 6. The van der Waals surface area contributed by atoms with Crippen LogP contribution in [0, 0.1) is 22.7 Å². The van der Waals surface area contributed by atoms with E-state index >= 15 is 0 Å². The first-order valence-electron chi connectivity index (χ1n) is 8.21. The fraction of sp³-hybridized carbons (Fsp3) is 0.263. The molecule has 0 fully saturated rings. The summed E-state index contributed by atoms with van der Waals surface area (Å²) in [7, 11) is 0. The number of benzene rings is 1. The van der Waals surface area contributed by atoms with Crippen LogP contribution in [-0.2, 0) is 11.2 Å². The summed E-state index contributed by atoms with van der Waals surface area (Å²) in [5, 5.41) is 18.3. The highest BCUT2D eigenvalue weighted by Gasteiger charge is 2.27. The summed E-state index contributed by atoms with van der Waals surface area (Å²) in [4.78, 5) is 18.9. The lowest BCUT2D eigenvalue weighted by atomic mass is 10.0. The van der Waals surface area contributed by atoms with Crippen molar-refractivity contribution in [3.8, 4) is 12.1 Å². The van der Waals surface area contributed by atoms with Crippen LogP contribution >= 0.6 is 11.8 Å². The Hall–Kier alpha value is -3.03. The number of aryl methyl sites for hydroxylation is 1. The van der Waals surface area contributed by atoms with Crippen LogP contribution in [0.5, 0.6) is 0 Å². The smallest absolute Gasteiger partial charge is 0.240 e. The van der Waals surface area contributed by atoms with Gasteiger partial charge in [0.25, 0.3) is 0 Å². The lowest BCUT2D eigenvalue weighted by molar-refractivity contribution is -0.117. The molecule has 0 radical (unpaired) electrons. The molecule has 0 bridgehead atoms. The van der Waals surface area contributed by atoms with Crippen molar-refractivity contribution in [2.75, 3.05) is 17.2 Å². The quantitative estimate of drug-likeness (QED) is 0.840. The van der Waals surface area contributed by atoms with E-state index in [0.29, 0.717) is 11.6 Å². The van der Waals surface area contributed by atoms with Crippen LogP contribution in [0.1, 0.15) is 30.0 Å². The molecule has 7 heteroatoms. The Morgan fingerprint density at radius 1 is 1.31 bits per heavy atom. The standard InChI is InChI=1S/C19H17N5OS/c1-12(26-18-15(11-21)9-14(10-20)17(22)23-18)19(25)24-8-4-6-13-5-2-3-7-16(13)24/h2-3,5,7,9,12H,4,6,8H2,1H3,(H2,22,23)/t12-/m0/s1. The molecule has 26 heavy (non-hydrogen) atoms. The number of nitrogens with two attached hydrogens (primary N) is 1. The molecule has 2 heterocycles. The van der Waals surface area contributed by atoms with Gasteiger partial charge in [-0.05, 0) is 37.5 Å². The van der Waals surface area contributed by atoms with Crippen molar-refractivity contribution in [3.63, 3.8) is 0 Å². The summed E-state index contributed by atoms with van der Waals surface area (Å²) in [6, 6.07) is 13.3. The second-order valence-corrected chi connectivity index (χ2v) is 7.31. The first-order valence-corrected chi connectivity index (χ1v) is 9.09. The summed E-state index contributed by atoms with van der Waals surface area (Å²) in [6.45, 7) is 2.47. The van der Waals surface area contributed by atoms with Crippen LogP contribution in [-0.4, -0.2) is 22.7 Å². The molecule has 3 rings (SSSR count). The van der Waals surface area contributed by atoms with E-state index in [-0.39, 0.29) is 22.9 Å². The van der Waals surface area contributed by atoms with Gasteiger partial charge in [0, 0.05) is 12.2 Å². The number of carbonyl (C=O) groups excluding carboxylic acids is 1. The van der Waals surface area contributed by atoms with Gasteiger partial charge >= 0.3 is 0 Å². The Balaban J connectivity index is 1.85. The van der Waals surface area contributed by atoms with Gasteiger partial charge in [0.15, 0.2) is 0 Å². The summed E-state index contributed by atoms with van der Waals surface area (Å²) in [5.74, 6) is 0.0349. The Labute approximate surface area is 156 Å². The lowest BCUT2D eigenvalue weighted by Crippen LogP contribution is -2.40. The molecule has 1 aromatic heterocycles. The number of carbonyl (C=O) groups is 1. The predicted octanol–water partition coefficient (Wildman–Crippen LogP) is 2.87. The summed E-state index contributed by atoms with van der Waals surface area (Å²) >= 11 is 1.19. The number of thioether (sulfide) groups is 1. The molecule has 2 N–H and O–H groups in total. The highest BCUT2D eigenvalue weighted by molar-refractivity contribution is 8.00. The van der Waals surface area contributed by atoms with Gasteiger partial charge in [-0.3, -0.25) is 4.79 Å².